The van der Waals surface area contributed by atoms with Crippen molar-refractivity contribution in [3.05, 3.63) is 47.4 Å². The molecule has 2 heterocycles. The number of hydrogen-bond acceptors (Lipinski definition) is 5. The Bertz CT molecular complexity index is 875. The van der Waals surface area contributed by atoms with E-state index in [0.29, 0.717) is 37.8 Å². The average molecular weight is 414 g/mol. The number of aryl methyl sites for hydroxylation is 1. The lowest BCUT2D eigenvalue weighted by Crippen LogP contribution is -2.42. The molecule has 7 nitrogen and oxygen atoms in total. The van der Waals surface area contributed by atoms with Crippen molar-refractivity contribution >= 4 is 17.8 Å². The number of nitrogens with one attached hydrogen (secondary N) is 1. The molecule has 1 aromatic carbocycles. The number of carbonyl (C=O) groups excluding carboxylic acids is 1. The number of amides is 2. The Morgan fingerprint density at radius 3 is 2.93 bits per heavy atom. The van der Waals surface area contributed by atoms with Crippen LogP contribution in [0.15, 0.2) is 40.6 Å². The van der Waals surface area contributed by atoms with E-state index in [0.717, 1.165) is 17.7 Å². The summed E-state index contributed by atoms with van der Waals surface area (Å²) in [5.41, 5.74) is 3.06. The van der Waals surface area contributed by atoms with Crippen LogP contribution in [-0.2, 0) is 4.74 Å². The Labute approximate surface area is 178 Å². The van der Waals surface area contributed by atoms with Gasteiger partial charge in [-0.25, -0.2) is 4.79 Å². The molecule has 0 bridgehead atoms. The predicted octanol–water partition coefficient (Wildman–Crippen LogP) is 4.74. The maximum absolute atomic E-state index is 12.5. The Kier molecular flexibility index (Phi) is 7.52. The first-order chi connectivity index (χ1) is 14.4. The molecular formula is C23H31N3O4. The predicted molar refractivity (Wildman–Crippen MR) is 117 cm³/mol. The second-order valence-electron chi connectivity index (χ2n) is 7.88. The molecule has 2 aromatic rings. The molecule has 0 aliphatic carbocycles. The maximum atomic E-state index is 12.5. The third-order valence-electron chi connectivity index (χ3n) is 5.09. The summed E-state index contributed by atoms with van der Waals surface area (Å²) in [6.45, 7) is 10.4. The molecular weight excluding hydrogens is 382 g/mol. The molecule has 2 amide bonds. The lowest BCUT2D eigenvalue weighted by molar-refractivity contribution is 0.0552. The maximum Gasteiger partial charge on any atom is 0.322 e. The van der Waals surface area contributed by atoms with E-state index in [1.165, 1.54) is 11.8 Å². The summed E-state index contributed by atoms with van der Waals surface area (Å²) < 4.78 is 16.3. The third kappa shape index (κ3) is 6.10. The van der Waals surface area contributed by atoms with Crippen LogP contribution in [0.2, 0.25) is 0 Å². The molecule has 1 saturated heterocycles. The molecule has 0 saturated carbocycles. The van der Waals surface area contributed by atoms with E-state index >= 15 is 0 Å². The number of rotatable bonds is 7. The molecule has 1 unspecified atom stereocenters. The van der Waals surface area contributed by atoms with E-state index in [1.54, 1.807) is 6.92 Å². The van der Waals surface area contributed by atoms with Crippen LogP contribution in [0.3, 0.4) is 0 Å². The summed E-state index contributed by atoms with van der Waals surface area (Å²) in [5.74, 6) is 1.72. The number of hydrogen-bond donors (Lipinski definition) is 1. The molecule has 7 heteroatoms. The molecule has 1 fully saturated rings. The number of urea groups is 1. The zero-order valence-corrected chi connectivity index (χ0v) is 18.2. The lowest BCUT2D eigenvalue weighted by Gasteiger charge is -2.33. The molecule has 30 heavy (non-hydrogen) atoms. The number of carbonyl (C=O) groups is 1. The minimum Gasteiger partial charge on any atom is -0.491 e. The summed E-state index contributed by atoms with van der Waals surface area (Å²) in [4.78, 5) is 14.4. The Balaban J connectivity index is 1.55. The van der Waals surface area contributed by atoms with E-state index in [1.807, 2.05) is 36.9 Å². The highest BCUT2D eigenvalue weighted by molar-refractivity contribution is 5.89. The second kappa shape index (κ2) is 10.3. The largest absolute Gasteiger partial charge is 0.491 e. The van der Waals surface area contributed by atoms with Gasteiger partial charge in [0.25, 0.3) is 0 Å². The number of anilines is 1. The van der Waals surface area contributed by atoms with E-state index in [2.05, 4.69) is 29.5 Å². The SMILES string of the molecule is Cc1oncc1NC(=O)N1CCC(=Cc2cccc(OCCOC(C)C)c2)C(C)C1. The Morgan fingerprint density at radius 2 is 2.23 bits per heavy atom. The zero-order valence-electron chi connectivity index (χ0n) is 18.2. The molecule has 3 rings (SSSR count). The van der Waals surface area contributed by atoms with Crippen LogP contribution in [0.1, 0.15) is 38.5 Å². The Morgan fingerprint density at radius 1 is 1.40 bits per heavy atom. The fraction of sp³-hybridized carbons (Fsp3) is 0.478. The second-order valence-corrected chi connectivity index (χ2v) is 7.88. The molecule has 1 aromatic heterocycles. The van der Waals surface area contributed by atoms with Crippen molar-refractivity contribution in [2.75, 3.05) is 31.6 Å². The highest BCUT2D eigenvalue weighted by atomic mass is 16.5. The van der Waals surface area contributed by atoms with Gasteiger partial charge < -0.3 is 24.2 Å². The molecule has 1 N–H and O–H groups in total. The highest BCUT2D eigenvalue weighted by Gasteiger charge is 2.25. The van der Waals surface area contributed by atoms with Crippen LogP contribution in [0, 0.1) is 12.8 Å². The van der Waals surface area contributed by atoms with Crippen LogP contribution in [0.25, 0.3) is 6.08 Å². The van der Waals surface area contributed by atoms with Crippen LogP contribution < -0.4 is 10.1 Å². The highest BCUT2D eigenvalue weighted by Crippen LogP contribution is 2.27. The van der Waals surface area contributed by atoms with Crippen molar-refractivity contribution in [1.29, 1.82) is 0 Å². The number of likely N-dealkylation sites (tertiary alicyclic amines) is 1. The minimum atomic E-state index is -0.119. The Hall–Kier alpha value is -2.80. The number of piperidine rings is 1. The lowest BCUT2D eigenvalue weighted by atomic mass is 9.91. The first-order valence-electron chi connectivity index (χ1n) is 10.4. The smallest absolute Gasteiger partial charge is 0.322 e. The van der Waals surface area contributed by atoms with E-state index < -0.39 is 0 Å². The van der Waals surface area contributed by atoms with E-state index in [4.69, 9.17) is 14.0 Å². The van der Waals surface area contributed by atoms with Crippen LogP contribution in [-0.4, -0.2) is 48.5 Å². The van der Waals surface area contributed by atoms with E-state index in [-0.39, 0.29) is 18.1 Å². The van der Waals surface area contributed by atoms with Gasteiger partial charge in [-0.1, -0.05) is 35.9 Å². The van der Waals surface area contributed by atoms with Crippen molar-refractivity contribution in [2.45, 2.75) is 40.2 Å². The first kappa shape index (κ1) is 21.9. The van der Waals surface area contributed by atoms with Crippen LogP contribution in [0.5, 0.6) is 5.75 Å². The van der Waals surface area contributed by atoms with Gasteiger partial charge in [-0.15, -0.1) is 0 Å². The van der Waals surface area contributed by atoms with Crippen molar-refractivity contribution < 1.29 is 18.8 Å². The monoisotopic (exact) mass is 413 g/mol. The van der Waals surface area contributed by atoms with Gasteiger partial charge in [0.15, 0.2) is 5.76 Å². The van der Waals surface area contributed by atoms with Crippen LogP contribution in [0.4, 0.5) is 10.5 Å². The van der Waals surface area contributed by atoms with Gasteiger partial charge in [0.2, 0.25) is 0 Å². The summed E-state index contributed by atoms with van der Waals surface area (Å²) in [6, 6.07) is 7.96. The summed E-state index contributed by atoms with van der Waals surface area (Å²) >= 11 is 0. The van der Waals surface area contributed by atoms with Gasteiger partial charge in [-0.3, -0.25) is 0 Å². The van der Waals surface area contributed by atoms with Gasteiger partial charge in [0.05, 0.1) is 18.9 Å². The number of nitrogens with zero attached hydrogens (tertiary/aromatic N) is 2. The standard InChI is InChI=1S/C23H31N3O4/c1-16(2)28-10-11-29-21-7-5-6-19(13-21)12-20-8-9-26(15-17(20)3)23(27)25-22-14-24-30-18(22)4/h5-7,12-14,16-17H,8-11,15H2,1-4H3,(H,25,27). The minimum absolute atomic E-state index is 0.119. The van der Waals surface area contributed by atoms with Gasteiger partial charge in [0, 0.05) is 13.1 Å². The summed E-state index contributed by atoms with van der Waals surface area (Å²) in [5, 5.41) is 6.57. The molecule has 162 valence electrons. The van der Waals surface area contributed by atoms with Crippen molar-refractivity contribution in [2.24, 2.45) is 5.92 Å². The fourth-order valence-corrected chi connectivity index (χ4v) is 3.41. The quantitative estimate of drug-likeness (QED) is 0.663. The zero-order chi connectivity index (χ0) is 21.5. The first-order valence-corrected chi connectivity index (χ1v) is 10.4. The van der Waals surface area contributed by atoms with Gasteiger partial charge in [-0.2, -0.15) is 0 Å². The van der Waals surface area contributed by atoms with Crippen molar-refractivity contribution in [1.82, 2.24) is 10.1 Å². The molecule has 1 aliphatic rings. The van der Waals surface area contributed by atoms with Crippen molar-refractivity contribution in [3.63, 3.8) is 0 Å². The van der Waals surface area contributed by atoms with E-state index in [9.17, 15) is 4.79 Å². The van der Waals surface area contributed by atoms with Gasteiger partial charge in [0.1, 0.15) is 18.0 Å². The van der Waals surface area contributed by atoms with Crippen LogP contribution >= 0.6 is 0 Å². The summed E-state index contributed by atoms with van der Waals surface area (Å²) in [7, 11) is 0. The molecule has 1 atom stereocenters. The average Bonchev–Trinajstić information content (AvgIpc) is 3.11. The van der Waals surface area contributed by atoms with Gasteiger partial charge in [-0.05, 0) is 50.8 Å². The number of benzene rings is 1. The third-order valence-corrected chi connectivity index (χ3v) is 5.09. The molecule has 0 spiro atoms. The normalized spacial score (nSPS) is 18.1. The number of aromatic nitrogens is 1. The fourth-order valence-electron chi connectivity index (χ4n) is 3.41. The van der Waals surface area contributed by atoms with Gasteiger partial charge >= 0.3 is 6.03 Å². The summed E-state index contributed by atoms with van der Waals surface area (Å²) in [6.07, 6.45) is 4.78. The molecule has 0 radical (unpaired) electrons. The number of ether oxygens (including phenoxy) is 2. The van der Waals surface area contributed by atoms with Crippen molar-refractivity contribution in [3.8, 4) is 5.75 Å². The molecule has 1 aliphatic heterocycles. The topological polar surface area (TPSA) is 76.8 Å².